The molecule has 0 saturated carbocycles. The van der Waals surface area contributed by atoms with Gasteiger partial charge in [-0.3, -0.25) is 14.8 Å². The van der Waals surface area contributed by atoms with Gasteiger partial charge >= 0.3 is 0 Å². The maximum atomic E-state index is 11.6. The summed E-state index contributed by atoms with van der Waals surface area (Å²) in [5, 5.41) is 7.30. The molecule has 1 unspecified atom stereocenters. The van der Waals surface area contributed by atoms with Crippen molar-refractivity contribution < 1.29 is 9.53 Å². The number of methoxy groups -OCH3 is 1. The fourth-order valence-electron chi connectivity index (χ4n) is 3.47. The van der Waals surface area contributed by atoms with Crippen molar-refractivity contribution in [1.29, 1.82) is 0 Å². The number of hydrogen-bond acceptors (Lipinski definition) is 5. The van der Waals surface area contributed by atoms with Crippen LogP contribution in [0, 0.1) is 5.92 Å². The summed E-state index contributed by atoms with van der Waals surface area (Å²) >= 11 is 0. The molecule has 7 heteroatoms. The minimum atomic E-state index is 0.417. The number of H-pyrrole nitrogens is 1. The van der Waals surface area contributed by atoms with Gasteiger partial charge in [-0.2, -0.15) is 5.10 Å². The first-order valence-electron chi connectivity index (χ1n) is 9.69. The second kappa shape index (κ2) is 9.50. The zero-order valence-corrected chi connectivity index (χ0v) is 16.2. The van der Waals surface area contributed by atoms with E-state index in [2.05, 4.69) is 27.0 Å². The maximum Gasteiger partial charge on any atom is 0.215 e. The van der Waals surface area contributed by atoms with Crippen molar-refractivity contribution in [2.75, 3.05) is 38.2 Å². The quantitative estimate of drug-likeness (QED) is 0.686. The van der Waals surface area contributed by atoms with Gasteiger partial charge in [-0.05, 0) is 50.9 Å². The van der Waals surface area contributed by atoms with Crippen molar-refractivity contribution >= 4 is 12.2 Å². The number of amides is 1. The van der Waals surface area contributed by atoms with Gasteiger partial charge in [0.1, 0.15) is 0 Å². The SMILES string of the molecule is COc1ccc(-c2cc(N(C=O)CC(C)CCN3CCCCC3)n[nH]2)cn1. The van der Waals surface area contributed by atoms with Crippen molar-refractivity contribution in [3.8, 4) is 17.1 Å². The fraction of sp³-hybridized carbons (Fsp3) is 0.550. The molecule has 0 aliphatic carbocycles. The lowest BCUT2D eigenvalue weighted by molar-refractivity contribution is -0.107. The molecular weight excluding hydrogens is 342 g/mol. The predicted octanol–water partition coefficient (Wildman–Crippen LogP) is 2.96. The van der Waals surface area contributed by atoms with Gasteiger partial charge in [-0.25, -0.2) is 4.98 Å². The molecule has 0 bridgehead atoms. The van der Waals surface area contributed by atoms with Gasteiger partial charge in [0.05, 0.1) is 12.8 Å². The van der Waals surface area contributed by atoms with Crippen molar-refractivity contribution in [1.82, 2.24) is 20.1 Å². The Bertz CT molecular complexity index is 709. The molecule has 0 aromatic carbocycles. The Morgan fingerprint density at radius 3 is 2.81 bits per heavy atom. The number of piperidine rings is 1. The van der Waals surface area contributed by atoms with E-state index in [1.807, 2.05) is 12.1 Å². The van der Waals surface area contributed by atoms with Crippen LogP contribution < -0.4 is 9.64 Å². The number of likely N-dealkylation sites (tertiary alicyclic amines) is 1. The molecule has 1 fully saturated rings. The molecule has 1 atom stereocenters. The molecule has 3 heterocycles. The summed E-state index contributed by atoms with van der Waals surface area (Å²) in [5.74, 6) is 1.62. The summed E-state index contributed by atoms with van der Waals surface area (Å²) in [6.07, 6.45) is 7.66. The molecule has 0 radical (unpaired) electrons. The molecule has 2 aromatic rings. The Balaban J connectivity index is 1.56. The van der Waals surface area contributed by atoms with Gasteiger partial charge in [0.25, 0.3) is 0 Å². The first kappa shape index (κ1) is 19.4. The summed E-state index contributed by atoms with van der Waals surface area (Å²) in [6, 6.07) is 5.60. The van der Waals surface area contributed by atoms with Crippen LogP contribution in [0.3, 0.4) is 0 Å². The number of carbonyl (C=O) groups is 1. The highest BCUT2D eigenvalue weighted by Crippen LogP contribution is 2.23. The molecule has 2 aromatic heterocycles. The Morgan fingerprint density at radius 2 is 2.15 bits per heavy atom. The molecule has 3 rings (SSSR count). The molecule has 1 aliphatic heterocycles. The van der Waals surface area contributed by atoms with E-state index < -0.39 is 0 Å². The molecule has 1 amide bonds. The molecule has 146 valence electrons. The van der Waals surface area contributed by atoms with E-state index in [-0.39, 0.29) is 0 Å². The smallest absolute Gasteiger partial charge is 0.215 e. The molecule has 1 aliphatic rings. The summed E-state index contributed by atoms with van der Waals surface area (Å²) in [4.78, 5) is 20.0. The van der Waals surface area contributed by atoms with E-state index in [0.717, 1.165) is 30.6 Å². The van der Waals surface area contributed by atoms with Crippen molar-refractivity contribution in [3.05, 3.63) is 24.4 Å². The number of pyridine rings is 1. The number of hydrogen-bond donors (Lipinski definition) is 1. The van der Waals surface area contributed by atoms with E-state index >= 15 is 0 Å². The molecule has 27 heavy (non-hydrogen) atoms. The summed E-state index contributed by atoms with van der Waals surface area (Å²) in [5.41, 5.74) is 1.73. The van der Waals surface area contributed by atoms with E-state index in [1.165, 1.54) is 32.4 Å². The van der Waals surface area contributed by atoms with E-state index in [1.54, 1.807) is 24.3 Å². The number of nitrogens with zero attached hydrogens (tertiary/aromatic N) is 4. The van der Waals surface area contributed by atoms with Gasteiger partial charge in [0.2, 0.25) is 12.3 Å². The van der Waals surface area contributed by atoms with Gasteiger partial charge in [-0.1, -0.05) is 13.3 Å². The summed E-state index contributed by atoms with van der Waals surface area (Å²) < 4.78 is 5.08. The zero-order chi connectivity index (χ0) is 19.1. The third-order valence-corrected chi connectivity index (χ3v) is 5.14. The third-order valence-electron chi connectivity index (χ3n) is 5.14. The largest absolute Gasteiger partial charge is 0.481 e. The monoisotopic (exact) mass is 371 g/mol. The van der Waals surface area contributed by atoms with Crippen LogP contribution in [0.25, 0.3) is 11.3 Å². The topological polar surface area (TPSA) is 74.3 Å². The lowest BCUT2D eigenvalue weighted by Gasteiger charge is -2.28. The van der Waals surface area contributed by atoms with Crippen molar-refractivity contribution in [2.45, 2.75) is 32.6 Å². The number of nitrogens with one attached hydrogen (secondary N) is 1. The Labute approximate surface area is 160 Å². The van der Waals surface area contributed by atoms with E-state index in [4.69, 9.17) is 4.74 Å². The number of carbonyl (C=O) groups excluding carboxylic acids is 1. The van der Waals surface area contributed by atoms with Crippen LogP contribution in [-0.4, -0.2) is 59.8 Å². The normalized spacial score (nSPS) is 16.1. The van der Waals surface area contributed by atoms with Crippen LogP contribution in [0.1, 0.15) is 32.6 Å². The summed E-state index contributed by atoms with van der Waals surface area (Å²) in [7, 11) is 1.59. The van der Waals surface area contributed by atoms with Crippen LogP contribution in [0.4, 0.5) is 5.82 Å². The first-order valence-corrected chi connectivity index (χ1v) is 9.69. The van der Waals surface area contributed by atoms with Crippen LogP contribution >= 0.6 is 0 Å². The second-order valence-electron chi connectivity index (χ2n) is 7.28. The van der Waals surface area contributed by atoms with Gasteiger partial charge < -0.3 is 9.64 Å². The van der Waals surface area contributed by atoms with Crippen molar-refractivity contribution in [3.63, 3.8) is 0 Å². The summed E-state index contributed by atoms with van der Waals surface area (Å²) in [6.45, 7) is 6.40. The molecule has 0 spiro atoms. The number of rotatable bonds is 9. The van der Waals surface area contributed by atoms with Crippen LogP contribution in [0.2, 0.25) is 0 Å². The maximum absolute atomic E-state index is 11.6. The zero-order valence-electron chi connectivity index (χ0n) is 16.2. The Hall–Kier alpha value is -2.41. The average Bonchev–Trinajstić information content (AvgIpc) is 3.21. The highest BCUT2D eigenvalue weighted by molar-refractivity contribution is 5.75. The third kappa shape index (κ3) is 5.29. The van der Waals surface area contributed by atoms with Crippen LogP contribution in [0.5, 0.6) is 5.88 Å². The predicted molar refractivity (Wildman–Crippen MR) is 106 cm³/mol. The van der Waals surface area contributed by atoms with Crippen molar-refractivity contribution in [2.24, 2.45) is 5.92 Å². The standard InChI is InChI=1S/C20H29N5O2/c1-16(8-11-24-9-4-3-5-10-24)14-25(15-26)19-12-18(22-23-19)17-6-7-20(27-2)21-13-17/h6-7,12-13,15-16H,3-5,8-11,14H2,1-2H3,(H,22,23). The molecule has 7 nitrogen and oxygen atoms in total. The molecule has 1 saturated heterocycles. The minimum absolute atomic E-state index is 0.417. The minimum Gasteiger partial charge on any atom is -0.481 e. The second-order valence-corrected chi connectivity index (χ2v) is 7.28. The van der Waals surface area contributed by atoms with Gasteiger partial charge in [-0.15, -0.1) is 0 Å². The van der Waals surface area contributed by atoms with Crippen LogP contribution in [0.15, 0.2) is 24.4 Å². The highest BCUT2D eigenvalue weighted by atomic mass is 16.5. The van der Waals surface area contributed by atoms with Crippen LogP contribution in [-0.2, 0) is 4.79 Å². The highest BCUT2D eigenvalue weighted by Gasteiger charge is 2.16. The average molecular weight is 371 g/mol. The number of aromatic amines is 1. The number of aromatic nitrogens is 3. The first-order chi connectivity index (χ1) is 13.2. The number of ether oxygens (including phenoxy) is 1. The Morgan fingerprint density at radius 1 is 1.33 bits per heavy atom. The van der Waals surface area contributed by atoms with E-state index in [9.17, 15) is 4.79 Å². The lowest BCUT2D eigenvalue weighted by Crippen LogP contribution is -2.33. The number of anilines is 1. The lowest BCUT2D eigenvalue weighted by atomic mass is 10.1. The van der Waals surface area contributed by atoms with Gasteiger partial charge in [0, 0.05) is 30.4 Å². The van der Waals surface area contributed by atoms with Gasteiger partial charge in [0.15, 0.2) is 5.82 Å². The fourth-order valence-corrected chi connectivity index (χ4v) is 3.47. The molecular formula is C20H29N5O2. The van der Waals surface area contributed by atoms with E-state index in [0.29, 0.717) is 24.2 Å². The molecule has 1 N–H and O–H groups in total. The Kier molecular flexibility index (Phi) is 6.81.